The molecule has 0 fully saturated rings. The van der Waals surface area contributed by atoms with Crippen molar-refractivity contribution < 1.29 is 27.6 Å². The molecule has 20 heavy (non-hydrogen) atoms. The summed E-state index contributed by atoms with van der Waals surface area (Å²) < 4.78 is 26.9. The van der Waals surface area contributed by atoms with Crippen LogP contribution in [0.4, 0.5) is 0 Å². The molecule has 0 aliphatic heterocycles. The first-order valence-electron chi connectivity index (χ1n) is 5.76. The van der Waals surface area contributed by atoms with E-state index in [0.29, 0.717) is 5.69 Å². The number of aromatic nitrogens is 1. The molecule has 0 saturated carbocycles. The van der Waals surface area contributed by atoms with Crippen molar-refractivity contribution in [2.45, 2.75) is 26.3 Å². The smallest absolute Gasteiger partial charge is 0.326 e. The van der Waals surface area contributed by atoms with Crippen molar-refractivity contribution in [3.05, 3.63) is 17.0 Å². The van der Waals surface area contributed by atoms with Gasteiger partial charge in [-0.1, -0.05) is 5.16 Å². The molecule has 0 aromatic carbocycles. The summed E-state index contributed by atoms with van der Waals surface area (Å²) in [5.74, 6) is -2.01. The number of carbonyl (C=O) groups excluding carboxylic acids is 1. The van der Waals surface area contributed by atoms with Crippen LogP contribution >= 0.6 is 0 Å². The van der Waals surface area contributed by atoms with Crippen LogP contribution in [0.1, 0.15) is 28.2 Å². The van der Waals surface area contributed by atoms with Crippen LogP contribution < -0.4 is 5.32 Å². The van der Waals surface area contributed by atoms with E-state index in [2.05, 4.69) is 10.5 Å². The van der Waals surface area contributed by atoms with E-state index in [1.165, 1.54) is 6.92 Å². The summed E-state index contributed by atoms with van der Waals surface area (Å²) in [5.41, 5.74) is 0.503. The molecule has 0 aliphatic carbocycles. The summed E-state index contributed by atoms with van der Waals surface area (Å²) in [7, 11) is -3.30. The molecular formula is C11H16N2O6S. The van der Waals surface area contributed by atoms with Crippen molar-refractivity contribution in [1.82, 2.24) is 10.5 Å². The van der Waals surface area contributed by atoms with Gasteiger partial charge in [0.15, 0.2) is 0 Å². The largest absolute Gasteiger partial charge is 0.480 e. The Kier molecular flexibility index (Phi) is 4.88. The average molecular weight is 304 g/mol. The van der Waals surface area contributed by atoms with Gasteiger partial charge in [-0.05, 0) is 20.3 Å². The SMILES string of the molecule is Cc1noc(C)c1C(=O)NC(CCS(C)(=O)=O)C(=O)O. The lowest BCUT2D eigenvalue weighted by Crippen LogP contribution is -2.42. The van der Waals surface area contributed by atoms with Gasteiger partial charge in [-0.15, -0.1) is 0 Å². The fraction of sp³-hybridized carbons (Fsp3) is 0.545. The summed E-state index contributed by atoms with van der Waals surface area (Å²) in [5, 5.41) is 14.9. The zero-order chi connectivity index (χ0) is 15.5. The van der Waals surface area contributed by atoms with Crippen LogP contribution in [0.2, 0.25) is 0 Å². The van der Waals surface area contributed by atoms with E-state index in [9.17, 15) is 18.0 Å². The third kappa shape index (κ3) is 4.34. The molecule has 1 unspecified atom stereocenters. The highest BCUT2D eigenvalue weighted by Gasteiger charge is 2.25. The van der Waals surface area contributed by atoms with Crippen molar-refractivity contribution >= 4 is 21.7 Å². The van der Waals surface area contributed by atoms with Gasteiger partial charge in [0.25, 0.3) is 5.91 Å². The number of nitrogens with one attached hydrogen (secondary N) is 1. The number of rotatable bonds is 6. The molecule has 1 atom stereocenters. The number of carbonyl (C=O) groups is 2. The maximum atomic E-state index is 12.0. The standard InChI is InChI=1S/C11H16N2O6S/c1-6-9(7(2)19-13-6)10(14)12-8(11(15)16)4-5-20(3,17)18/h8H,4-5H2,1-3H3,(H,12,14)(H,15,16). The monoisotopic (exact) mass is 304 g/mol. The fourth-order valence-electron chi connectivity index (χ4n) is 1.63. The molecule has 2 N–H and O–H groups in total. The lowest BCUT2D eigenvalue weighted by molar-refractivity contribution is -0.139. The predicted molar refractivity (Wildman–Crippen MR) is 69.2 cm³/mol. The molecule has 0 aliphatic rings. The van der Waals surface area contributed by atoms with Crippen LogP contribution in [-0.2, 0) is 14.6 Å². The summed E-state index contributed by atoms with van der Waals surface area (Å²) >= 11 is 0. The molecule has 1 heterocycles. The van der Waals surface area contributed by atoms with Gasteiger partial charge in [-0.25, -0.2) is 13.2 Å². The van der Waals surface area contributed by atoms with E-state index in [0.717, 1.165) is 6.26 Å². The first-order chi connectivity index (χ1) is 9.11. The van der Waals surface area contributed by atoms with Crippen LogP contribution in [-0.4, -0.2) is 48.6 Å². The number of nitrogens with zero attached hydrogens (tertiary/aromatic N) is 1. The van der Waals surface area contributed by atoms with Crippen molar-refractivity contribution in [2.24, 2.45) is 0 Å². The summed E-state index contributed by atoms with van der Waals surface area (Å²) in [6.07, 6.45) is 0.797. The molecule has 0 spiro atoms. The van der Waals surface area contributed by atoms with E-state index in [1.807, 2.05) is 0 Å². The second-order valence-electron chi connectivity index (χ2n) is 4.48. The highest BCUT2D eigenvalue weighted by atomic mass is 32.2. The molecule has 112 valence electrons. The lowest BCUT2D eigenvalue weighted by Gasteiger charge is -2.13. The molecule has 1 amide bonds. The summed E-state index contributed by atoms with van der Waals surface area (Å²) in [6.45, 7) is 3.08. The Morgan fingerprint density at radius 3 is 2.40 bits per heavy atom. The number of carboxylic acids is 1. The molecule has 1 rings (SSSR count). The predicted octanol–water partition coefficient (Wildman–Crippen LogP) is -0.0909. The van der Waals surface area contributed by atoms with Crippen molar-refractivity contribution in [3.8, 4) is 0 Å². The number of aryl methyl sites for hydroxylation is 2. The fourth-order valence-corrected chi connectivity index (χ4v) is 2.29. The highest BCUT2D eigenvalue weighted by molar-refractivity contribution is 7.90. The number of aliphatic carboxylic acids is 1. The molecule has 1 aromatic heterocycles. The van der Waals surface area contributed by atoms with Crippen molar-refractivity contribution in [1.29, 1.82) is 0 Å². The minimum Gasteiger partial charge on any atom is -0.480 e. The minimum absolute atomic E-state index is 0.163. The van der Waals surface area contributed by atoms with Gasteiger partial charge < -0.3 is 14.9 Å². The van der Waals surface area contributed by atoms with Crippen LogP contribution in [0.15, 0.2) is 4.52 Å². The number of carboxylic acid groups (broad SMARTS) is 1. The van der Waals surface area contributed by atoms with E-state index >= 15 is 0 Å². The van der Waals surface area contributed by atoms with E-state index in [4.69, 9.17) is 9.63 Å². The molecular weight excluding hydrogens is 288 g/mol. The second-order valence-corrected chi connectivity index (χ2v) is 6.74. The lowest BCUT2D eigenvalue weighted by atomic mass is 10.1. The second kappa shape index (κ2) is 6.04. The van der Waals surface area contributed by atoms with E-state index < -0.39 is 27.8 Å². The maximum absolute atomic E-state index is 12.0. The topological polar surface area (TPSA) is 127 Å². The van der Waals surface area contributed by atoms with Crippen LogP contribution in [0.3, 0.4) is 0 Å². The van der Waals surface area contributed by atoms with Gasteiger partial charge >= 0.3 is 5.97 Å². The van der Waals surface area contributed by atoms with Gasteiger partial charge in [-0.2, -0.15) is 0 Å². The molecule has 8 nitrogen and oxygen atoms in total. The Balaban J connectivity index is 2.81. The molecule has 0 saturated heterocycles. The molecule has 0 radical (unpaired) electrons. The number of sulfone groups is 1. The van der Waals surface area contributed by atoms with Crippen LogP contribution in [0.5, 0.6) is 0 Å². The zero-order valence-electron chi connectivity index (χ0n) is 11.3. The van der Waals surface area contributed by atoms with Gasteiger partial charge in [0.1, 0.15) is 27.2 Å². The maximum Gasteiger partial charge on any atom is 0.326 e. The zero-order valence-corrected chi connectivity index (χ0v) is 12.2. The molecule has 9 heteroatoms. The third-order valence-electron chi connectivity index (χ3n) is 2.64. The van der Waals surface area contributed by atoms with Gasteiger partial charge in [0, 0.05) is 6.26 Å². The Morgan fingerprint density at radius 2 is 2.00 bits per heavy atom. The van der Waals surface area contributed by atoms with Crippen LogP contribution in [0.25, 0.3) is 0 Å². The van der Waals surface area contributed by atoms with E-state index in [1.54, 1.807) is 6.92 Å². The summed E-state index contributed by atoms with van der Waals surface area (Å²) in [4.78, 5) is 23.0. The molecule has 1 aromatic rings. The van der Waals surface area contributed by atoms with Gasteiger partial charge in [0.05, 0.1) is 11.4 Å². The quantitative estimate of drug-likeness (QED) is 0.751. The van der Waals surface area contributed by atoms with Gasteiger partial charge in [-0.3, -0.25) is 4.79 Å². The summed E-state index contributed by atoms with van der Waals surface area (Å²) in [6, 6.07) is -1.29. The normalized spacial score (nSPS) is 12.9. The Labute approximate surface area is 116 Å². The Bertz CT molecular complexity index is 599. The molecule has 0 bridgehead atoms. The number of hydrogen-bond acceptors (Lipinski definition) is 6. The Hall–Kier alpha value is -1.90. The first kappa shape index (κ1) is 16.2. The third-order valence-corrected chi connectivity index (χ3v) is 3.62. The van der Waals surface area contributed by atoms with E-state index in [-0.39, 0.29) is 23.5 Å². The highest BCUT2D eigenvalue weighted by Crippen LogP contribution is 2.12. The minimum atomic E-state index is -3.30. The average Bonchev–Trinajstić information content (AvgIpc) is 2.62. The van der Waals surface area contributed by atoms with Crippen molar-refractivity contribution in [3.63, 3.8) is 0 Å². The number of amides is 1. The van der Waals surface area contributed by atoms with Crippen LogP contribution in [0, 0.1) is 13.8 Å². The Morgan fingerprint density at radius 1 is 1.40 bits per heavy atom. The first-order valence-corrected chi connectivity index (χ1v) is 7.82. The van der Waals surface area contributed by atoms with Crippen molar-refractivity contribution in [2.75, 3.05) is 12.0 Å². The number of hydrogen-bond donors (Lipinski definition) is 2. The van der Waals surface area contributed by atoms with Gasteiger partial charge in [0.2, 0.25) is 0 Å².